The lowest BCUT2D eigenvalue weighted by Crippen LogP contribution is -2.45. The molecule has 4 aliphatic carbocycles. The number of carbonyl (C=O) groups excluding carboxylic acids is 1. The molecule has 0 heterocycles. The second-order valence-electron chi connectivity index (χ2n) is 7.99. The van der Waals surface area contributed by atoms with E-state index in [0.717, 1.165) is 24.7 Å². The van der Waals surface area contributed by atoms with Crippen molar-refractivity contribution in [2.24, 2.45) is 23.2 Å². The van der Waals surface area contributed by atoms with Crippen LogP contribution in [0.4, 0.5) is 0 Å². The van der Waals surface area contributed by atoms with Gasteiger partial charge < -0.3 is 0 Å². The summed E-state index contributed by atoms with van der Waals surface area (Å²) in [5, 5.41) is 0. The lowest BCUT2D eigenvalue weighted by molar-refractivity contribution is -0.131. The first-order valence-corrected chi connectivity index (χ1v) is 9.05. The van der Waals surface area contributed by atoms with Gasteiger partial charge in [0.1, 0.15) is 5.78 Å². The summed E-state index contributed by atoms with van der Waals surface area (Å²) in [6.45, 7) is 4.55. The number of hydrogen-bond acceptors (Lipinski definition) is 1. The van der Waals surface area contributed by atoms with Gasteiger partial charge in [0, 0.05) is 11.8 Å². The summed E-state index contributed by atoms with van der Waals surface area (Å²) in [6.07, 6.45) is 13.2. The molecule has 0 spiro atoms. The van der Waals surface area contributed by atoms with Gasteiger partial charge in [0.15, 0.2) is 0 Å². The van der Waals surface area contributed by atoms with Crippen LogP contribution in [-0.2, 0) is 4.79 Å². The van der Waals surface area contributed by atoms with E-state index in [1.807, 2.05) is 0 Å². The third-order valence-corrected chi connectivity index (χ3v) is 7.36. The highest BCUT2D eigenvalue weighted by Crippen LogP contribution is 2.61. The second-order valence-corrected chi connectivity index (χ2v) is 7.99. The zero-order valence-electron chi connectivity index (χ0n) is 13.6. The summed E-state index contributed by atoms with van der Waals surface area (Å²) in [6, 6.07) is 0. The van der Waals surface area contributed by atoms with Crippen LogP contribution in [0.1, 0.15) is 71.6 Å². The summed E-state index contributed by atoms with van der Waals surface area (Å²) in [5.74, 6) is 2.94. The summed E-state index contributed by atoms with van der Waals surface area (Å²) >= 11 is 0. The van der Waals surface area contributed by atoms with Crippen molar-refractivity contribution in [1.82, 2.24) is 0 Å². The molecule has 2 fully saturated rings. The number of rotatable bonds is 1. The molecule has 1 heteroatoms. The SMILES string of the molecule is CC[C@]12CC[C@@H]3C4=C(CC[C@H]3[C@@H]1CCC2=O)CC(C)=CC4. The van der Waals surface area contributed by atoms with E-state index in [4.69, 9.17) is 0 Å². The molecule has 0 radical (unpaired) electrons. The van der Waals surface area contributed by atoms with E-state index in [0.29, 0.717) is 11.7 Å². The summed E-state index contributed by atoms with van der Waals surface area (Å²) < 4.78 is 0. The maximum absolute atomic E-state index is 12.5. The van der Waals surface area contributed by atoms with E-state index in [-0.39, 0.29) is 5.41 Å². The molecule has 0 amide bonds. The van der Waals surface area contributed by atoms with Gasteiger partial charge in [0.25, 0.3) is 0 Å². The zero-order chi connectivity index (χ0) is 14.6. The second kappa shape index (κ2) is 4.83. The first-order valence-electron chi connectivity index (χ1n) is 9.05. The first-order chi connectivity index (χ1) is 10.2. The Kier molecular flexibility index (Phi) is 3.17. The highest BCUT2D eigenvalue weighted by atomic mass is 16.1. The van der Waals surface area contributed by atoms with Crippen molar-refractivity contribution in [3.63, 3.8) is 0 Å². The van der Waals surface area contributed by atoms with Gasteiger partial charge in [-0.3, -0.25) is 4.79 Å². The fourth-order valence-corrected chi connectivity index (χ4v) is 6.30. The van der Waals surface area contributed by atoms with Crippen molar-refractivity contribution < 1.29 is 4.79 Å². The van der Waals surface area contributed by atoms with Crippen molar-refractivity contribution in [1.29, 1.82) is 0 Å². The Balaban J connectivity index is 1.66. The molecule has 21 heavy (non-hydrogen) atoms. The fraction of sp³-hybridized carbons (Fsp3) is 0.750. The molecule has 0 aromatic heterocycles. The highest BCUT2D eigenvalue weighted by molar-refractivity contribution is 5.87. The van der Waals surface area contributed by atoms with Crippen molar-refractivity contribution in [3.8, 4) is 0 Å². The van der Waals surface area contributed by atoms with E-state index in [1.165, 1.54) is 44.9 Å². The van der Waals surface area contributed by atoms with Crippen LogP contribution in [0.25, 0.3) is 0 Å². The Morgan fingerprint density at radius 3 is 2.90 bits per heavy atom. The quantitative estimate of drug-likeness (QED) is 0.603. The molecule has 0 aromatic carbocycles. The third-order valence-electron chi connectivity index (χ3n) is 7.36. The smallest absolute Gasteiger partial charge is 0.139 e. The van der Waals surface area contributed by atoms with E-state index in [1.54, 1.807) is 16.7 Å². The number of Topliss-reactive ketones (excluding diaryl/α,β-unsaturated/α-hetero) is 1. The monoisotopic (exact) mass is 284 g/mol. The van der Waals surface area contributed by atoms with Gasteiger partial charge in [-0.1, -0.05) is 29.7 Å². The molecule has 0 aromatic rings. The van der Waals surface area contributed by atoms with E-state index in [9.17, 15) is 4.79 Å². The molecule has 114 valence electrons. The minimum absolute atomic E-state index is 0.0830. The number of ketones is 1. The van der Waals surface area contributed by atoms with Gasteiger partial charge in [-0.05, 0) is 76.0 Å². The van der Waals surface area contributed by atoms with Crippen LogP contribution in [0.5, 0.6) is 0 Å². The van der Waals surface area contributed by atoms with Crippen molar-refractivity contribution >= 4 is 5.78 Å². The van der Waals surface area contributed by atoms with Gasteiger partial charge >= 0.3 is 0 Å². The lowest BCUT2D eigenvalue weighted by atomic mass is 9.53. The Bertz CT molecular complexity index is 538. The standard InChI is InChI=1S/C20H28O/c1-3-20-11-10-16-15-6-4-13(2)12-14(15)5-7-17(16)18(20)8-9-19(20)21/h4,16-18H,3,5-12H2,1-2H3/t16-,17-,18+,20+/m1/s1. The first kappa shape index (κ1) is 13.8. The molecule has 4 rings (SSSR count). The average Bonchev–Trinajstić information content (AvgIpc) is 2.84. The molecule has 0 unspecified atom stereocenters. The van der Waals surface area contributed by atoms with Gasteiger partial charge in [0.05, 0.1) is 0 Å². The molecule has 0 bridgehead atoms. The van der Waals surface area contributed by atoms with Gasteiger partial charge in [-0.25, -0.2) is 0 Å². The number of hydrogen-bond donors (Lipinski definition) is 0. The van der Waals surface area contributed by atoms with Crippen LogP contribution in [0, 0.1) is 23.2 Å². The Labute approximate surface area is 128 Å². The van der Waals surface area contributed by atoms with Crippen LogP contribution in [0.2, 0.25) is 0 Å². The Morgan fingerprint density at radius 1 is 1.24 bits per heavy atom. The van der Waals surface area contributed by atoms with E-state index in [2.05, 4.69) is 19.9 Å². The van der Waals surface area contributed by atoms with Crippen molar-refractivity contribution in [2.45, 2.75) is 71.6 Å². The molecule has 4 atom stereocenters. The summed E-state index contributed by atoms with van der Waals surface area (Å²) in [4.78, 5) is 12.5. The van der Waals surface area contributed by atoms with E-state index < -0.39 is 0 Å². The normalized spacial score (nSPS) is 42.3. The van der Waals surface area contributed by atoms with Crippen molar-refractivity contribution in [2.75, 3.05) is 0 Å². The number of allylic oxidation sites excluding steroid dienone is 4. The Hall–Kier alpha value is -0.850. The molecule has 0 N–H and O–H groups in total. The molecule has 0 aliphatic heterocycles. The average molecular weight is 284 g/mol. The molecule has 2 saturated carbocycles. The molecule has 4 aliphatic rings. The Morgan fingerprint density at radius 2 is 2.10 bits per heavy atom. The highest BCUT2D eigenvalue weighted by Gasteiger charge is 2.56. The number of fused-ring (bicyclic) bond motifs is 4. The van der Waals surface area contributed by atoms with Crippen molar-refractivity contribution in [3.05, 3.63) is 22.8 Å². The molecule has 1 nitrogen and oxygen atoms in total. The minimum Gasteiger partial charge on any atom is -0.299 e. The zero-order valence-corrected chi connectivity index (χ0v) is 13.6. The third kappa shape index (κ3) is 1.85. The summed E-state index contributed by atoms with van der Waals surface area (Å²) in [7, 11) is 0. The van der Waals surface area contributed by atoms with Crippen LogP contribution < -0.4 is 0 Å². The van der Waals surface area contributed by atoms with Gasteiger partial charge in [-0.2, -0.15) is 0 Å². The molecular weight excluding hydrogens is 256 g/mol. The number of carbonyl (C=O) groups is 1. The topological polar surface area (TPSA) is 17.1 Å². The predicted molar refractivity (Wildman–Crippen MR) is 85.9 cm³/mol. The minimum atomic E-state index is 0.0830. The maximum Gasteiger partial charge on any atom is 0.139 e. The van der Waals surface area contributed by atoms with Crippen LogP contribution in [-0.4, -0.2) is 5.78 Å². The largest absolute Gasteiger partial charge is 0.299 e. The fourth-order valence-electron chi connectivity index (χ4n) is 6.30. The maximum atomic E-state index is 12.5. The predicted octanol–water partition coefficient (Wildman–Crippen LogP) is 5.22. The van der Waals surface area contributed by atoms with Gasteiger partial charge in [0.2, 0.25) is 0 Å². The van der Waals surface area contributed by atoms with Gasteiger partial charge in [-0.15, -0.1) is 0 Å². The van der Waals surface area contributed by atoms with Crippen LogP contribution in [0.15, 0.2) is 22.8 Å². The van der Waals surface area contributed by atoms with Crippen LogP contribution >= 0.6 is 0 Å². The summed E-state index contributed by atoms with van der Waals surface area (Å²) in [5.41, 5.74) is 5.21. The van der Waals surface area contributed by atoms with Crippen LogP contribution in [0.3, 0.4) is 0 Å². The lowest BCUT2D eigenvalue weighted by Gasteiger charge is -2.50. The van der Waals surface area contributed by atoms with E-state index >= 15 is 0 Å². The molecule has 0 saturated heterocycles. The molecular formula is C20H28O.